The van der Waals surface area contributed by atoms with Gasteiger partial charge in [-0.25, -0.2) is 0 Å². The fourth-order valence-corrected chi connectivity index (χ4v) is 6.35. The second-order valence-electron chi connectivity index (χ2n) is 8.53. The van der Waals surface area contributed by atoms with Gasteiger partial charge in [0.25, 0.3) is 0 Å². The fraction of sp³-hybridized carbons (Fsp3) is 1.00. The topological polar surface area (TPSA) is 32.7 Å². The number of aliphatic hydroxyl groups excluding tert-OH is 1. The standard InChI is InChI=1S/C18H31NO2/c1-21-16-2-4-19(5-3-16)12-17(20)18-9-13-6-14(10-18)8-15(7-13)11-18/h13-17,20H,2-12H2,1H3. The van der Waals surface area contributed by atoms with E-state index in [-0.39, 0.29) is 11.5 Å². The van der Waals surface area contributed by atoms with Crippen LogP contribution in [0.2, 0.25) is 0 Å². The number of ether oxygens (including phenoxy) is 1. The highest BCUT2D eigenvalue weighted by Crippen LogP contribution is 2.61. The van der Waals surface area contributed by atoms with Crippen molar-refractivity contribution in [1.29, 1.82) is 0 Å². The summed E-state index contributed by atoms with van der Waals surface area (Å²) in [6.07, 6.45) is 10.9. The average Bonchev–Trinajstić information content (AvgIpc) is 2.46. The lowest BCUT2D eigenvalue weighted by molar-refractivity contribution is -0.128. The summed E-state index contributed by atoms with van der Waals surface area (Å²) in [6.45, 7) is 3.10. The number of piperidine rings is 1. The van der Waals surface area contributed by atoms with Gasteiger partial charge in [-0.2, -0.15) is 0 Å². The number of hydrogen-bond donors (Lipinski definition) is 1. The van der Waals surface area contributed by atoms with E-state index >= 15 is 0 Å². The summed E-state index contributed by atoms with van der Waals surface area (Å²) in [5.74, 6) is 2.81. The lowest BCUT2D eigenvalue weighted by atomic mass is 9.48. The smallest absolute Gasteiger partial charge is 0.0723 e. The number of β-amino-alcohol motifs (C(OH)–C–C–N with tert-alkyl or cyclic N) is 1. The van der Waals surface area contributed by atoms with Gasteiger partial charge in [-0.1, -0.05) is 0 Å². The summed E-state index contributed by atoms with van der Waals surface area (Å²) < 4.78 is 5.46. The van der Waals surface area contributed by atoms with Crippen molar-refractivity contribution in [1.82, 2.24) is 4.90 Å². The molecular formula is C18H31NO2. The van der Waals surface area contributed by atoms with Crippen LogP contribution in [0.25, 0.3) is 0 Å². The van der Waals surface area contributed by atoms with Crippen LogP contribution in [-0.2, 0) is 4.74 Å². The molecule has 0 aromatic heterocycles. The number of likely N-dealkylation sites (tertiary alicyclic amines) is 1. The van der Waals surface area contributed by atoms with Crippen molar-refractivity contribution >= 4 is 0 Å². The highest BCUT2D eigenvalue weighted by molar-refractivity contribution is 5.04. The zero-order valence-corrected chi connectivity index (χ0v) is 13.5. The third-order valence-corrected chi connectivity index (χ3v) is 7.09. The van der Waals surface area contributed by atoms with Crippen molar-refractivity contribution < 1.29 is 9.84 Å². The van der Waals surface area contributed by atoms with Crippen LogP contribution >= 0.6 is 0 Å². The van der Waals surface area contributed by atoms with Crippen molar-refractivity contribution in [3.63, 3.8) is 0 Å². The van der Waals surface area contributed by atoms with Gasteiger partial charge >= 0.3 is 0 Å². The Morgan fingerprint density at radius 2 is 1.57 bits per heavy atom. The molecule has 1 unspecified atom stereocenters. The Labute approximate surface area is 129 Å². The van der Waals surface area contributed by atoms with Gasteiger partial charge in [0.05, 0.1) is 12.2 Å². The maximum atomic E-state index is 11.0. The van der Waals surface area contributed by atoms with Gasteiger partial charge in [-0.3, -0.25) is 0 Å². The van der Waals surface area contributed by atoms with Crippen LogP contribution in [0.15, 0.2) is 0 Å². The van der Waals surface area contributed by atoms with Gasteiger partial charge in [0.1, 0.15) is 0 Å². The second kappa shape index (κ2) is 5.50. The molecule has 3 nitrogen and oxygen atoms in total. The van der Waals surface area contributed by atoms with Gasteiger partial charge < -0.3 is 14.7 Å². The highest BCUT2D eigenvalue weighted by atomic mass is 16.5. The van der Waals surface area contributed by atoms with Gasteiger partial charge in [-0.15, -0.1) is 0 Å². The summed E-state index contributed by atoms with van der Waals surface area (Å²) in [5, 5.41) is 11.0. The van der Waals surface area contributed by atoms with Crippen molar-refractivity contribution in [2.45, 2.75) is 63.6 Å². The van der Waals surface area contributed by atoms with Gasteiger partial charge in [0, 0.05) is 26.7 Å². The molecule has 1 atom stereocenters. The molecule has 1 saturated heterocycles. The molecule has 0 amide bonds. The fourth-order valence-electron chi connectivity index (χ4n) is 6.35. The minimum absolute atomic E-state index is 0.0926. The molecule has 5 fully saturated rings. The lowest BCUT2D eigenvalue weighted by Crippen LogP contribution is -2.55. The Morgan fingerprint density at radius 1 is 1.05 bits per heavy atom. The number of aliphatic hydroxyl groups is 1. The summed E-state index contributed by atoms with van der Waals surface area (Å²) in [4.78, 5) is 2.48. The number of hydrogen-bond acceptors (Lipinski definition) is 3. The first-order valence-corrected chi connectivity index (χ1v) is 9.10. The summed E-state index contributed by atoms with van der Waals surface area (Å²) in [6, 6.07) is 0. The predicted octanol–water partition coefficient (Wildman–Crippen LogP) is 2.67. The van der Waals surface area contributed by atoms with Crippen LogP contribution in [-0.4, -0.2) is 49.0 Å². The minimum atomic E-state index is -0.0926. The van der Waals surface area contributed by atoms with E-state index in [1.165, 1.54) is 38.5 Å². The molecule has 1 N–H and O–H groups in total. The first-order chi connectivity index (χ1) is 10.2. The number of methoxy groups -OCH3 is 1. The van der Waals surface area contributed by atoms with E-state index in [1.54, 1.807) is 0 Å². The van der Waals surface area contributed by atoms with E-state index in [0.717, 1.165) is 50.2 Å². The van der Waals surface area contributed by atoms with Crippen LogP contribution in [0.4, 0.5) is 0 Å². The van der Waals surface area contributed by atoms with Crippen molar-refractivity contribution in [2.75, 3.05) is 26.7 Å². The minimum Gasteiger partial charge on any atom is -0.391 e. The van der Waals surface area contributed by atoms with E-state index in [4.69, 9.17) is 4.74 Å². The van der Waals surface area contributed by atoms with E-state index in [0.29, 0.717) is 6.10 Å². The first-order valence-electron chi connectivity index (χ1n) is 9.10. The number of nitrogens with zero attached hydrogens (tertiary/aromatic N) is 1. The quantitative estimate of drug-likeness (QED) is 0.865. The molecule has 0 radical (unpaired) electrons. The SMILES string of the molecule is COC1CCN(CC(O)C23CC4CC(CC(C4)C2)C3)CC1. The highest BCUT2D eigenvalue weighted by Gasteiger charge is 2.54. The molecule has 1 aliphatic heterocycles. The Balaban J connectivity index is 1.38. The third kappa shape index (κ3) is 2.66. The molecule has 3 heteroatoms. The first kappa shape index (κ1) is 14.5. The van der Waals surface area contributed by atoms with Crippen LogP contribution in [0, 0.1) is 23.2 Å². The van der Waals surface area contributed by atoms with Crippen LogP contribution in [0.5, 0.6) is 0 Å². The molecule has 4 aliphatic carbocycles. The van der Waals surface area contributed by atoms with E-state index in [9.17, 15) is 5.11 Å². The summed E-state index contributed by atoms with van der Waals surface area (Å²) in [5.41, 5.74) is 0.285. The van der Waals surface area contributed by atoms with Gasteiger partial charge in [0.2, 0.25) is 0 Å². The molecule has 4 bridgehead atoms. The van der Waals surface area contributed by atoms with Crippen molar-refractivity contribution in [3.8, 4) is 0 Å². The van der Waals surface area contributed by atoms with Gasteiger partial charge in [-0.05, 0) is 74.5 Å². The molecule has 5 rings (SSSR count). The molecule has 120 valence electrons. The Bertz CT molecular complexity index is 340. The predicted molar refractivity (Wildman–Crippen MR) is 83.1 cm³/mol. The molecule has 0 aromatic rings. The zero-order valence-electron chi connectivity index (χ0n) is 13.5. The zero-order chi connectivity index (χ0) is 14.4. The maximum Gasteiger partial charge on any atom is 0.0723 e. The van der Waals surface area contributed by atoms with E-state index in [2.05, 4.69) is 4.90 Å². The van der Waals surface area contributed by atoms with Crippen LogP contribution in [0.1, 0.15) is 51.4 Å². The molecular weight excluding hydrogens is 262 g/mol. The third-order valence-electron chi connectivity index (χ3n) is 7.09. The summed E-state index contributed by atoms with van der Waals surface area (Å²) in [7, 11) is 1.82. The average molecular weight is 293 g/mol. The van der Waals surface area contributed by atoms with Crippen molar-refractivity contribution in [2.24, 2.45) is 23.2 Å². The second-order valence-corrected chi connectivity index (χ2v) is 8.53. The molecule has 5 aliphatic rings. The monoisotopic (exact) mass is 293 g/mol. The van der Waals surface area contributed by atoms with E-state index < -0.39 is 0 Å². The summed E-state index contributed by atoms with van der Waals surface area (Å²) >= 11 is 0. The Hall–Kier alpha value is -0.120. The molecule has 4 saturated carbocycles. The molecule has 21 heavy (non-hydrogen) atoms. The van der Waals surface area contributed by atoms with Crippen LogP contribution in [0.3, 0.4) is 0 Å². The Morgan fingerprint density at radius 3 is 2.05 bits per heavy atom. The molecule has 1 heterocycles. The normalized spacial score (nSPS) is 45.1. The maximum absolute atomic E-state index is 11.0. The van der Waals surface area contributed by atoms with E-state index in [1.807, 2.05) is 7.11 Å². The van der Waals surface area contributed by atoms with Gasteiger partial charge in [0.15, 0.2) is 0 Å². The number of rotatable bonds is 4. The van der Waals surface area contributed by atoms with Crippen LogP contribution < -0.4 is 0 Å². The molecule has 0 aromatic carbocycles. The molecule has 0 spiro atoms. The lowest BCUT2D eigenvalue weighted by Gasteiger charge is -2.58. The largest absolute Gasteiger partial charge is 0.391 e. The van der Waals surface area contributed by atoms with Crippen molar-refractivity contribution in [3.05, 3.63) is 0 Å². The Kier molecular flexibility index (Phi) is 3.79.